The predicted octanol–water partition coefficient (Wildman–Crippen LogP) is 2.90. The average molecular weight is 324 g/mol. The molecule has 1 amide bonds. The van der Waals surface area contributed by atoms with E-state index in [1.165, 1.54) is 0 Å². The number of ether oxygens (including phenoxy) is 1. The topological polar surface area (TPSA) is 29.5 Å². The Balaban J connectivity index is 2.39. The first-order valence-electron chi connectivity index (χ1n) is 4.08. The van der Waals surface area contributed by atoms with Crippen molar-refractivity contribution < 1.29 is 9.53 Å². The highest BCUT2D eigenvalue weighted by molar-refractivity contribution is 14.1. The van der Waals surface area contributed by atoms with Gasteiger partial charge in [-0.15, -0.1) is 0 Å². The molecule has 74 valence electrons. The Kier molecular flexibility index (Phi) is 2.83. The maximum absolute atomic E-state index is 11.3. The molecule has 0 N–H and O–H groups in total. The number of cyclic esters (lactones) is 1. The Bertz CT molecular complexity index is 383. The summed E-state index contributed by atoms with van der Waals surface area (Å²) in [7, 11) is 0. The number of nitrogens with zero attached hydrogens (tertiary/aromatic N) is 1. The van der Waals surface area contributed by atoms with Crippen molar-refractivity contribution in [3.05, 3.63) is 26.8 Å². The molecular formula is C9H7ClINO2. The molecule has 1 saturated heterocycles. The number of hydrogen-bond donors (Lipinski definition) is 0. The molecule has 0 saturated carbocycles. The Morgan fingerprint density at radius 2 is 2.29 bits per heavy atom. The molecule has 0 atom stereocenters. The van der Waals surface area contributed by atoms with Gasteiger partial charge in [0.15, 0.2) is 0 Å². The van der Waals surface area contributed by atoms with Gasteiger partial charge in [0.05, 0.1) is 17.3 Å². The van der Waals surface area contributed by atoms with Gasteiger partial charge < -0.3 is 4.74 Å². The number of carbonyl (C=O) groups is 1. The Hall–Kier alpha value is -0.490. The quantitative estimate of drug-likeness (QED) is 0.744. The Labute approximate surface area is 100 Å². The number of benzene rings is 1. The summed E-state index contributed by atoms with van der Waals surface area (Å²) in [5, 5.41) is 0.573. The van der Waals surface area contributed by atoms with E-state index in [9.17, 15) is 4.79 Å². The molecular weight excluding hydrogens is 316 g/mol. The summed E-state index contributed by atoms with van der Waals surface area (Å²) < 4.78 is 5.88. The van der Waals surface area contributed by atoms with Crippen LogP contribution in [-0.4, -0.2) is 19.2 Å². The lowest BCUT2D eigenvalue weighted by atomic mass is 10.3. The van der Waals surface area contributed by atoms with Crippen LogP contribution in [0.15, 0.2) is 18.2 Å². The zero-order chi connectivity index (χ0) is 10.1. The van der Waals surface area contributed by atoms with Gasteiger partial charge in [-0.1, -0.05) is 11.6 Å². The normalized spacial score (nSPS) is 15.9. The van der Waals surface area contributed by atoms with E-state index in [0.29, 0.717) is 18.2 Å². The molecule has 1 fully saturated rings. The Morgan fingerprint density at radius 3 is 2.93 bits per heavy atom. The van der Waals surface area contributed by atoms with Gasteiger partial charge in [-0.2, -0.15) is 0 Å². The number of rotatable bonds is 1. The summed E-state index contributed by atoms with van der Waals surface area (Å²) in [6.45, 7) is 0.999. The van der Waals surface area contributed by atoms with Crippen LogP contribution in [0.25, 0.3) is 0 Å². The standard InChI is InChI=1S/C9H7ClINO2/c10-7-2-1-6(11)5-8(7)12-3-4-14-9(12)13/h1-2,5H,3-4H2. The van der Waals surface area contributed by atoms with Crippen LogP contribution in [0, 0.1) is 3.57 Å². The van der Waals surface area contributed by atoms with Gasteiger partial charge in [0.25, 0.3) is 0 Å². The van der Waals surface area contributed by atoms with Crippen LogP contribution in [0.3, 0.4) is 0 Å². The largest absolute Gasteiger partial charge is 0.447 e. The van der Waals surface area contributed by atoms with Gasteiger partial charge in [-0.05, 0) is 40.8 Å². The van der Waals surface area contributed by atoms with E-state index >= 15 is 0 Å². The molecule has 5 heteroatoms. The maximum Gasteiger partial charge on any atom is 0.414 e. The van der Waals surface area contributed by atoms with Crippen molar-refractivity contribution >= 4 is 46.0 Å². The lowest BCUT2D eigenvalue weighted by Gasteiger charge is -2.14. The third-order valence-electron chi connectivity index (χ3n) is 1.96. The molecule has 3 nitrogen and oxygen atoms in total. The van der Waals surface area contributed by atoms with Crippen LogP contribution in [0.1, 0.15) is 0 Å². The van der Waals surface area contributed by atoms with E-state index in [0.717, 1.165) is 9.26 Å². The van der Waals surface area contributed by atoms with Crippen molar-refractivity contribution in [1.82, 2.24) is 0 Å². The van der Waals surface area contributed by atoms with E-state index in [4.69, 9.17) is 16.3 Å². The fourth-order valence-electron chi connectivity index (χ4n) is 1.30. The third kappa shape index (κ3) is 1.81. The highest BCUT2D eigenvalue weighted by Gasteiger charge is 2.25. The van der Waals surface area contributed by atoms with Crippen molar-refractivity contribution in [2.45, 2.75) is 0 Å². The second-order valence-electron chi connectivity index (χ2n) is 2.86. The highest BCUT2D eigenvalue weighted by atomic mass is 127. The van der Waals surface area contributed by atoms with Crippen molar-refractivity contribution in [2.75, 3.05) is 18.1 Å². The number of anilines is 1. The first-order valence-corrected chi connectivity index (χ1v) is 5.53. The molecule has 0 unspecified atom stereocenters. The van der Waals surface area contributed by atoms with E-state index in [2.05, 4.69) is 22.6 Å². The van der Waals surface area contributed by atoms with Crippen molar-refractivity contribution in [2.24, 2.45) is 0 Å². The van der Waals surface area contributed by atoms with Crippen LogP contribution in [0.5, 0.6) is 0 Å². The molecule has 0 aliphatic carbocycles. The summed E-state index contributed by atoms with van der Waals surface area (Å²) in [4.78, 5) is 12.8. The van der Waals surface area contributed by atoms with Gasteiger partial charge in [-0.3, -0.25) is 4.90 Å². The van der Waals surface area contributed by atoms with Crippen LogP contribution in [0.4, 0.5) is 10.5 Å². The highest BCUT2D eigenvalue weighted by Crippen LogP contribution is 2.29. The van der Waals surface area contributed by atoms with Gasteiger partial charge in [0, 0.05) is 3.57 Å². The Morgan fingerprint density at radius 1 is 1.50 bits per heavy atom. The lowest BCUT2D eigenvalue weighted by molar-refractivity contribution is 0.181. The minimum atomic E-state index is -0.325. The van der Waals surface area contributed by atoms with Crippen molar-refractivity contribution in [3.63, 3.8) is 0 Å². The molecule has 0 aromatic heterocycles. The summed E-state index contributed by atoms with van der Waals surface area (Å²) in [6, 6.07) is 5.55. The SMILES string of the molecule is O=C1OCCN1c1cc(I)ccc1Cl. The number of hydrogen-bond acceptors (Lipinski definition) is 2. The number of carbonyl (C=O) groups excluding carboxylic acids is 1. The predicted molar refractivity (Wildman–Crippen MR) is 62.9 cm³/mol. The zero-order valence-electron chi connectivity index (χ0n) is 7.17. The second kappa shape index (κ2) is 3.94. The van der Waals surface area contributed by atoms with Gasteiger partial charge in [0.1, 0.15) is 6.61 Å². The maximum atomic E-state index is 11.3. The smallest absolute Gasteiger partial charge is 0.414 e. The molecule has 2 rings (SSSR count). The van der Waals surface area contributed by atoms with E-state index in [1.807, 2.05) is 12.1 Å². The van der Waals surface area contributed by atoms with Crippen LogP contribution >= 0.6 is 34.2 Å². The average Bonchev–Trinajstić information content (AvgIpc) is 2.56. The van der Waals surface area contributed by atoms with Gasteiger partial charge in [0.2, 0.25) is 0 Å². The minimum Gasteiger partial charge on any atom is -0.447 e. The molecule has 0 radical (unpaired) electrons. The number of amides is 1. The molecule has 1 aromatic rings. The van der Waals surface area contributed by atoms with Crippen molar-refractivity contribution in [3.8, 4) is 0 Å². The van der Waals surface area contributed by atoms with Crippen molar-refractivity contribution in [1.29, 1.82) is 0 Å². The fourth-order valence-corrected chi connectivity index (χ4v) is 2.00. The second-order valence-corrected chi connectivity index (χ2v) is 4.51. The fraction of sp³-hybridized carbons (Fsp3) is 0.222. The van der Waals surface area contributed by atoms with Gasteiger partial charge >= 0.3 is 6.09 Å². The summed E-state index contributed by atoms with van der Waals surface area (Å²) in [6.07, 6.45) is -0.325. The van der Waals surface area contributed by atoms with Crippen LogP contribution < -0.4 is 4.90 Å². The van der Waals surface area contributed by atoms with Crippen LogP contribution in [0.2, 0.25) is 5.02 Å². The summed E-state index contributed by atoms with van der Waals surface area (Å²) in [5.74, 6) is 0. The minimum absolute atomic E-state index is 0.325. The lowest BCUT2D eigenvalue weighted by Crippen LogP contribution is -2.23. The molecule has 0 bridgehead atoms. The molecule has 0 spiro atoms. The monoisotopic (exact) mass is 323 g/mol. The van der Waals surface area contributed by atoms with E-state index < -0.39 is 0 Å². The van der Waals surface area contributed by atoms with E-state index in [1.54, 1.807) is 11.0 Å². The number of halogens is 2. The van der Waals surface area contributed by atoms with Crippen LogP contribution in [-0.2, 0) is 4.74 Å². The zero-order valence-corrected chi connectivity index (χ0v) is 10.1. The first kappa shape index (κ1) is 10.0. The molecule has 1 heterocycles. The molecule has 1 aromatic carbocycles. The summed E-state index contributed by atoms with van der Waals surface area (Å²) in [5.41, 5.74) is 0.723. The third-order valence-corrected chi connectivity index (χ3v) is 2.95. The molecule has 1 aliphatic rings. The first-order chi connectivity index (χ1) is 6.68. The van der Waals surface area contributed by atoms with E-state index in [-0.39, 0.29) is 6.09 Å². The summed E-state index contributed by atoms with van der Waals surface area (Å²) >= 11 is 8.17. The molecule has 1 aliphatic heterocycles. The molecule has 14 heavy (non-hydrogen) atoms. The van der Waals surface area contributed by atoms with Gasteiger partial charge in [-0.25, -0.2) is 4.79 Å².